The Morgan fingerprint density at radius 2 is 1.16 bits per heavy atom. The zero-order valence-corrected chi connectivity index (χ0v) is 10.6. The molecule has 0 bridgehead atoms. The van der Waals surface area contributed by atoms with Gasteiger partial charge in [-0.3, -0.25) is 0 Å². The van der Waals surface area contributed by atoms with Gasteiger partial charge in [-0.2, -0.15) is 0 Å². The average molecular weight is 252 g/mol. The Morgan fingerprint density at radius 3 is 1.58 bits per heavy atom. The van der Waals surface area contributed by atoms with Crippen molar-refractivity contribution in [2.75, 3.05) is 0 Å². The van der Waals surface area contributed by atoms with Crippen LogP contribution in [0.3, 0.4) is 0 Å². The molecule has 2 unspecified atom stereocenters. The third kappa shape index (κ3) is 1.33. The fourth-order valence-electron chi connectivity index (χ4n) is 3.85. The Balaban J connectivity index is 1.84. The van der Waals surface area contributed by atoms with Gasteiger partial charge >= 0.3 is 0 Å². The molecule has 0 saturated heterocycles. The van der Waals surface area contributed by atoms with Crippen LogP contribution in [0.15, 0.2) is 48.5 Å². The molecule has 1 spiro atoms. The van der Waals surface area contributed by atoms with Gasteiger partial charge < -0.3 is 10.2 Å². The van der Waals surface area contributed by atoms with E-state index in [0.29, 0.717) is 0 Å². The molecule has 19 heavy (non-hydrogen) atoms. The molecule has 2 heteroatoms. The van der Waals surface area contributed by atoms with Gasteiger partial charge in [0.2, 0.25) is 0 Å². The minimum Gasteiger partial charge on any atom is -0.388 e. The smallest absolute Gasteiger partial charge is 0.0883 e. The van der Waals surface area contributed by atoms with E-state index in [2.05, 4.69) is 12.1 Å². The van der Waals surface area contributed by atoms with Gasteiger partial charge in [0.1, 0.15) is 0 Å². The van der Waals surface area contributed by atoms with E-state index in [1.807, 2.05) is 36.4 Å². The second-order valence-corrected chi connectivity index (χ2v) is 5.79. The fourth-order valence-corrected chi connectivity index (χ4v) is 3.85. The van der Waals surface area contributed by atoms with Crippen molar-refractivity contribution in [1.29, 1.82) is 0 Å². The number of benzene rings is 2. The van der Waals surface area contributed by atoms with Crippen molar-refractivity contribution in [3.05, 3.63) is 70.8 Å². The molecule has 0 radical (unpaired) electrons. The molecule has 0 aromatic heterocycles. The molecule has 0 fully saturated rings. The van der Waals surface area contributed by atoms with Crippen LogP contribution in [-0.2, 0) is 12.8 Å². The number of hydrogen-bond donors (Lipinski definition) is 2. The summed E-state index contributed by atoms with van der Waals surface area (Å²) in [4.78, 5) is 0. The van der Waals surface area contributed by atoms with Crippen LogP contribution in [0.2, 0.25) is 0 Å². The normalized spacial score (nSPS) is 31.5. The van der Waals surface area contributed by atoms with Crippen molar-refractivity contribution in [1.82, 2.24) is 0 Å². The highest BCUT2D eigenvalue weighted by molar-refractivity contribution is 5.45. The van der Waals surface area contributed by atoms with E-state index < -0.39 is 17.6 Å². The molecule has 2 aliphatic carbocycles. The number of fused-ring (bicyclic) bond motifs is 2. The van der Waals surface area contributed by atoms with Crippen LogP contribution < -0.4 is 0 Å². The van der Waals surface area contributed by atoms with Crippen LogP contribution in [-0.4, -0.2) is 10.2 Å². The summed E-state index contributed by atoms with van der Waals surface area (Å²) in [7, 11) is 0. The summed E-state index contributed by atoms with van der Waals surface area (Å²) >= 11 is 0. The molecule has 2 aromatic rings. The molecular formula is C17H16O2. The van der Waals surface area contributed by atoms with Crippen molar-refractivity contribution in [2.45, 2.75) is 25.0 Å². The van der Waals surface area contributed by atoms with Gasteiger partial charge in [-0.15, -0.1) is 0 Å². The first-order valence-electron chi connectivity index (χ1n) is 6.74. The van der Waals surface area contributed by atoms with E-state index in [1.165, 1.54) is 11.1 Å². The first-order chi connectivity index (χ1) is 9.22. The maximum absolute atomic E-state index is 10.7. The molecule has 2 aliphatic rings. The molecule has 2 nitrogen and oxygen atoms in total. The lowest BCUT2D eigenvalue weighted by Gasteiger charge is -2.31. The van der Waals surface area contributed by atoms with Gasteiger partial charge in [-0.05, 0) is 35.1 Å². The molecule has 0 saturated carbocycles. The van der Waals surface area contributed by atoms with E-state index in [4.69, 9.17) is 0 Å². The quantitative estimate of drug-likeness (QED) is 0.756. The lowest BCUT2D eigenvalue weighted by atomic mass is 9.77. The van der Waals surface area contributed by atoms with E-state index in [9.17, 15) is 10.2 Å². The first-order valence-corrected chi connectivity index (χ1v) is 6.74. The standard InChI is InChI=1S/C17H16O2/c18-15-13-7-3-1-5-11(13)9-17(15)10-12-6-2-4-8-14(12)16(17)19/h1-8,15-16,18-19H,9-10H2. The average Bonchev–Trinajstić information content (AvgIpc) is 2.88. The summed E-state index contributed by atoms with van der Waals surface area (Å²) in [6.45, 7) is 0. The summed E-state index contributed by atoms with van der Waals surface area (Å²) in [6.07, 6.45) is 0.345. The molecule has 4 rings (SSSR count). The molecule has 2 aromatic carbocycles. The molecule has 0 aliphatic heterocycles. The molecular weight excluding hydrogens is 236 g/mol. The second-order valence-electron chi connectivity index (χ2n) is 5.79. The number of rotatable bonds is 0. The first kappa shape index (κ1) is 11.2. The molecule has 2 N–H and O–H groups in total. The predicted molar refractivity (Wildman–Crippen MR) is 72.6 cm³/mol. The van der Waals surface area contributed by atoms with Gasteiger partial charge in [0, 0.05) is 5.41 Å². The van der Waals surface area contributed by atoms with Crippen molar-refractivity contribution in [3.8, 4) is 0 Å². The summed E-state index contributed by atoms with van der Waals surface area (Å²) < 4.78 is 0. The lowest BCUT2D eigenvalue weighted by Crippen LogP contribution is -2.30. The van der Waals surface area contributed by atoms with Gasteiger partial charge in [0.25, 0.3) is 0 Å². The van der Waals surface area contributed by atoms with Gasteiger partial charge in [0.15, 0.2) is 0 Å². The summed E-state index contributed by atoms with van der Waals surface area (Å²) in [5.74, 6) is 0. The Kier molecular flexibility index (Phi) is 2.17. The van der Waals surface area contributed by atoms with Crippen LogP contribution in [0, 0.1) is 5.41 Å². The van der Waals surface area contributed by atoms with Gasteiger partial charge in [-0.25, -0.2) is 0 Å². The molecule has 0 amide bonds. The van der Waals surface area contributed by atoms with Crippen molar-refractivity contribution < 1.29 is 10.2 Å². The van der Waals surface area contributed by atoms with Crippen LogP contribution >= 0.6 is 0 Å². The van der Waals surface area contributed by atoms with E-state index in [-0.39, 0.29) is 0 Å². The monoisotopic (exact) mass is 252 g/mol. The highest BCUT2D eigenvalue weighted by Gasteiger charge is 2.54. The maximum Gasteiger partial charge on any atom is 0.0883 e. The van der Waals surface area contributed by atoms with Crippen LogP contribution in [0.25, 0.3) is 0 Å². The molecule has 96 valence electrons. The minimum atomic E-state index is -0.578. The Labute approximate surface area is 112 Å². The summed E-state index contributed by atoms with van der Waals surface area (Å²) in [5.41, 5.74) is 3.83. The molecule has 2 atom stereocenters. The van der Waals surface area contributed by atoms with Crippen LogP contribution in [0.1, 0.15) is 34.5 Å². The Bertz CT molecular complexity index is 590. The SMILES string of the molecule is OC1c2ccccc2CC12Cc1ccccc1C2O. The van der Waals surface area contributed by atoms with E-state index in [0.717, 1.165) is 24.0 Å². The summed E-state index contributed by atoms with van der Waals surface area (Å²) in [6, 6.07) is 16.0. The maximum atomic E-state index is 10.7. The lowest BCUT2D eigenvalue weighted by molar-refractivity contribution is -0.0518. The van der Waals surface area contributed by atoms with Crippen LogP contribution in [0.5, 0.6) is 0 Å². The number of aliphatic hydroxyl groups excluding tert-OH is 2. The highest BCUT2D eigenvalue weighted by atomic mass is 16.3. The van der Waals surface area contributed by atoms with Gasteiger partial charge in [0.05, 0.1) is 12.2 Å². The summed E-state index contributed by atoms with van der Waals surface area (Å²) in [5, 5.41) is 21.4. The predicted octanol–water partition coefficient (Wildman–Crippen LogP) is 2.55. The van der Waals surface area contributed by atoms with Gasteiger partial charge in [-0.1, -0.05) is 48.5 Å². The van der Waals surface area contributed by atoms with Crippen molar-refractivity contribution >= 4 is 0 Å². The largest absolute Gasteiger partial charge is 0.388 e. The second kappa shape index (κ2) is 3.69. The van der Waals surface area contributed by atoms with E-state index in [1.54, 1.807) is 0 Å². The Morgan fingerprint density at radius 1 is 0.737 bits per heavy atom. The minimum absolute atomic E-state index is 0.465. The molecule has 0 heterocycles. The van der Waals surface area contributed by atoms with Crippen molar-refractivity contribution in [3.63, 3.8) is 0 Å². The Hall–Kier alpha value is -1.64. The zero-order valence-electron chi connectivity index (χ0n) is 10.6. The topological polar surface area (TPSA) is 40.5 Å². The third-order valence-corrected chi connectivity index (χ3v) is 4.83. The fraction of sp³-hybridized carbons (Fsp3) is 0.294. The zero-order chi connectivity index (χ0) is 13.0. The number of aliphatic hydroxyl groups is 2. The highest BCUT2D eigenvalue weighted by Crippen LogP contribution is 2.58. The number of hydrogen-bond acceptors (Lipinski definition) is 2. The van der Waals surface area contributed by atoms with Crippen LogP contribution in [0.4, 0.5) is 0 Å². The third-order valence-electron chi connectivity index (χ3n) is 4.83. The van der Waals surface area contributed by atoms with Crippen molar-refractivity contribution in [2.24, 2.45) is 5.41 Å². The van der Waals surface area contributed by atoms with E-state index >= 15 is 0 Å².